The molecule has 2 aromatic heterocycles. The van der Waals surface area contributed by atoms with Gasteiger partial charge in [-0.1, -0.05) is 26.0 Å². The number of pyridine rings is 1. The Morgan fingerprint density at radius 2 is 1.94 bits per heavy atom. The van der Waals surface area contributed by atoms with Crippen LogP contribution in [0.3, 0.4) is 0 Å². The smallest absolute Gasteiger partial charge is 0.251 e. The number of amides is 1. The largest absolute Gasteiger partial charge is 0.486 e. The molecule has 1 atom stereocenters. The molecule has 0 fully saturated rings. The molecule has 31 heavy (non-hydrogen) atoms. The highest BCUT2D eigenvalue weighted by Gasteiger charge is 2.22. The highest BCUT2D eigenvalue weighted by molar-refractivity contribution is 5.79. The van der Waals surface area contributed by atoms with Gasteiger partial charge in [0, 0.05) is 12.3 Å². The van der Waals surface area contributed by atoms with Gasteiger partial charge in [-0.25, -0.2) is 4.98 Å². The van der Waals surface area contributed by atoms with Gasteiger partial charge in [-0.05, 0) is 35.7 Å². The molecule has 160 valence electrons. The first-order chi connectivity index (χ1) is 15.0. The number of nitrogens with one attached hydrogen (secondary N) is 2. The zero-order valence-corrected chi connectivity index (χ0v) is 17.4. The molecule has 8 nitrogen and oxygen atoms in total. The lowest BCUT2D eigenvalue weighted by molar-refractivity contribution is -0.121. The number of nitrogens with zero attached hydrogens (tertiary/aromatic N) is 2. The van der Waals surface area contributed by atoms with E-state index in [1.54, 1.807) is 18.3 Å². The zero-order valence-electron chi connectivity index (χ0n) is 17.4. The number of H-pyrrole nitrogens is 1. The van der Waals surface area contributed by atoms with E-state index < -0.39 is 6.04 Å². The van der Waals surface area contributed by atoms with Crippen molar-refractivity contribution in [2.45, 2.75) is 26.3 Å². The Bertz CT molecular complexity index is 1130. The molecule has 0 aliphatic carbocycles. The van der Waals surface area contributed by atoms with Crippen LogP contribution in [0.4, 0.5) is 0 Å². The van der Waals surface area contributed by atoms with Crippen LogP contribution in [0, 0.1) is 5.92 Å². The summed E-state index contributed by atoms with van der Waals surface area (Å²) in [4.78, 5) is 36.6. The fourth-order valence-electron chi connectivity index (χ4n) is 3.45. The molecule has 0 spiro atoms. The van der Waals surface area contributed by atoms with Crippen LogP contribution in [0.15, 0.2) is 53.5 Å². The number of hydrogen-bond donors (Lipinski definition) is 2. The third-order valence-corrected chi connectivity index (χ3v) is 4.94. The Kier molecular flexibility index (Phi) is 5.97. The molecule has 1 amide bonds. The second-order valence-electron chi connectivity index (χ2n) is 7.68. The van der Waals surface area contributed by atoms with E-state index in [-0.39, 0.29) is 23.8 Å². The Balaban J connectivity index is 1.54. The first-order valence-electron chi connectivity index (χ1n) is 10.2. The summed E-state index contributed by atoms with van der Waals surface area (Å²) in [6, 6.07) is 11.9. The minimum absolute atomic E-state index is 0.0232. The number of hydrogen-bond acceptors (Lipinski definition) is 6. The summed E-state index contributed by atoms with van der Waals surface area (Å²) >= 11 is 0. The van der Waals surface area contributed by atoms with E-state index in [0.29, 0.717) is 41.9 Å². The van der Waals surface area contributed by atoms with Crippen LogP contribution >= 0.6 is 0 Å². The second-order valence-corrected chi connectivity index (χ2v) is 7.68. The monoisotopic (exact) mass is 420 g/mol. The van der Waals surface area contributed by atoms with E-state index in [2.05, 4.69) is 20.3 Å². The zero-order chi connectivity index (χ0) is 21.8. The molecule has 0 unspecified atom stereocenters. The molecule has 8 heteroatoms. The molecule has 0 bridgehead atoms. The molecule has 0 saturated heterocycles. The lowest BCUT2D eigenvalue weighted by Crippen LogP contribution is -2.34. The molecule has 0 radical (unpaired) electrons. The summed E-state index contributed by atoms with van der Waals surface area (Å²) < 4.78 is 11.1. The summed E-state index contributed by atoms with van der Waals surface area (Å²) in [7, 11) is 0. The minimum atomic E-state index is -0.422. The number of rotatable bonds is 6. The summed E-state index contributed by atoms with van der Waals surface area (Å²) in [5, 5.41) is 3.02. The summed E-state index contributed by atoms with van der Waals surface area (Å²) in [5.74, 6) is 1.56. The topological polar surface area (TPSA) is 106 Å². The van der Waals surface area contributed by atoms with Gasteiger partial charge in [-0.3, -0.25) is 14.6 Å². The van der Waals surface area contributed by atoms with E-state index in [1.165, 1.54) is 6.07 Å². The highest BCUT2D eigenvalue weighted by atomic mass is 16.6. The van der Waals surface area contributed by atoms with Crippen molar-refractivity contribution in [2.75, 3.05) is 13.2 Å². The minimum Gasteiger partial charge on any atom is -0.486 e. The van der Waals surface area contributed by atoms with Crippen LogP contribution in [0.5, 0.6) is 11.5 Å². The highest BCUT2D eigenvalue weighted by Crippen LogP contribution is 2.31. The Hall–Kier alpha value is -3.68. The van der Waals surface area contributed by atoms with Crippen LogP contribution in [0.2, 0.25) is 0 Å². The second kappa shape index (κ2) is 8.99. The maximum absolute atomic E-state index is 12.8. The van der Waals surface area contributed by atoms with Gasteiger partial charge in [0.1, 0.15) is 18.9 Å². The number of ether oxygens (including phenoxy) is 2. The molecular weight excluding hydrogens is 396 g/mol. The Labute approximate surface area is 179 Å². The van der Waals surface area contributed by atoms with Gasteiger partial charge in [-0.2, -0.15) is 0 Å². The maximum atomic E-state index is 12.8. The van der Waals surface area contributed by atoms with E-state index >= 15 is 0 Å². The average molecular weight is 420 g/mol. The Morgan fingerprint density at radius 3 is 2.68 bits per heavy atom. The maximum Gasteiger partial charge on any atom is 0.251 e. The molecule has 3 heterocycles. The number of aromatic nitrogens is 3. The summed E-state index contributed by atoms with van der Waals surface area (Å²) in [6.07, 6.45) is 1.81. The van der Waals surface area contributed by atoms with Crippen molar-refractivity contribution in [2.24, 2.45) is 5.92 Å². The first kappa shape index (κ1) is 20.6. The lowest BCUT2D eigenvalue weighted by Gasteiger charge is -2.23. The third-order valence-electron chi connectivity index (χ3n) is 4.94. The number of carbonyl (C=O) groups excluding carboxylic acids is 1. The van der Waals surface area contributed by atoms with E-state index in [4.69, 9.17) is 9.47 Å². The van der Waals surface area contributed by atoms with Crippen molar-refractivity contribution in [3.05, 3.63) is 70.3 Å². The van der Waals surface area contributed by atoms with Crippen molar-refractivity contribution in [3.63, 3.8) is 0 Å². The van der Waals surface area contributed by atoms with Crippen molar-refractivity contribution in [3.8, 4) is 23.0 Å². The predicted molar refractivity (Wildman–Crippen MR) is 115 cm³/mol. The van der Waals surface area contributed by atoms with Gasteiger partial charge in [0.05, 0.1) is 18.2 Å². The Morgan fingerprint density at radius 1 is 1.13 bits per heavy atom. The number of aromatic amines is 1. The normalized spacial score (nSPS) is 13.6. The van der Waals surface area contributed by atoms with Crippen LogP contribution < -0.4 is 20.3 Å². The van der Waals surface area contributed by atoms with Gasteiger partial charge in [0.15, 0.2) is 17.3 Å². The summed E-state index contributed by atoms with van der Waals surface area (Å²) in [6.45, 7) is 4.95. The molecule has 0 saturated carbocycles. The quantitative estimate of drug-likeness (QED) is 0.635. The molecule has 1 aliphatic heterocycles. The molecule has 4 rings (SSSR count). The standard InChI is InChI=1S/C23H24N4O4/c1-14(2)22(17-13-21(29)27-23(25-17)16-5-3-4-8-24-16)26-20(28)12-15-6-7-18-19(11-15)31-10-9-30-18/h3-8,11,13-14,22H,9-10,12H2,1-2H3,(H,26,28)(H,25,27,29)/t22-/m0/s1. The molecule has 1 aliphatic rings. The van der Waals surface area contributed by atoms with Gasteiger partial charge in [-0.15, -0.1) is 0 Å². The van der Waals surface area contributed by atoms with Crippen molar-refractivity contribution < 1.29 is 14.3 Å². The van der Waals surface area contributed by atoms with E-state index in [1.807, 2.05) is 38.1 Å². The van der Waals surface area contributed by atoms with Crippen LogP contribution in [0.25, 0.3) is 11.5 Å². The number of carbonyl (C=O) groups is 1. The van der Waals surface area contributed by atoms with E-state index in [0.717, 1.165) is 5.56 Å². The lowest BCUT2D eigenvalue weighted by atomic mass is 9.99. The van der Waals surface area contributed by atoms with Gasteiger partial charge in [0.2, 0.25) is 5.91 Å². The van der Waals surface area contributed by atoms with Crippen molar-refractivity contribution >= 4 is 5.91 Å². The van der Waals surface area contributed by atoms with E-state index in [9.17, 15) is 9.59 Å². The van der Waals surface area contributed by atoms with Gasteiger partial charge < -0.3 is 19.8 Å². The average Bonchev–Trinajstić information content (AvgIpc) is 2.77. The fraction of sp³-hybridized carbons (Fsp3) is 0.304. The van der Waals surface area contributed by atoms with Gasteiger partial charge >= 0.3 is 0 Å². The SMILES string of the molecule is CC(C)[C@H](NC(=O)Cc1ccc2c(c1)OCCO2)c1cc(=O)[nH]c(-c2ccccn2)n1. The van der Waals surface area contributed by atoms with Crippen LogP contribution in [-0.4, -0.2) is 34.1 Å². The van der Waals surface area contributed by atoms with Crippen LogP contribution in [-0.2, 0) is 11.2 Å². The third kappa shape index (κ3) is 4.91. The molecule has 3 aromatic rings. The predicted octanol–water partition coefficient (Wildman–Crippen LogP) is 2.66. The van der Waals surface area contributed by atoms with Crippen molar-refractivity contribution in [1.29, 1.82) is 0 Å². The van der Waals surface area contributed by atoms with Gasteiger partial charge in [0.25, 0.3) is 5.56 Å². The van der Waals surface area contributed by atoms with Crippen molar-refractivity contribution in [1.82, 2.24) is 20.3 Å². The summed E-state index contributed by atoms with van der Waals surface area (Å²) in [5.41, 5.74) is 1.58. The molecular formula is C23H24N4O4. The number of fused-ring (bicyclic) bond motifs is 1. The number of benzene rings is 1. The molecule has 2 N–H and O–H groups in total. The fourth-order valence-corrected chi connectivity index (χ4v) is 3.45. The first-order valence-corrected chi connectivity index (χ1v) is 10.2. The van der Waals surface area contributed by atoms with Crippen LogP contribution in [0.1, 0.15) is 31.1 Å². The molecule has 1 aromatic carbocycles.